The van der Waals surface area contributed by atoms with Gasteiger partial charge in [-0.15, -0.1) is 11.3 Å². The van der Waals surface area contributed by atoms with Crippen molar-refractivity contribution in [1.29, 1.82) is 0 Å². The predicted octanol–water partition coefficient (Wildman–Crippen LogP) is 4.03. The maximum atomic E-state index is 13.1. The largest absolute Gasteiger partial charge is 0.416 e. The number of nitrogens with one attached hydrogen (secondary N) is 2. The van der Waals surface area contributed by atoms with Crippen LogP contribution in [-0.4, -0.2) is 19.3 Å². The molecule has 6 nitrogen and oxygen atoms in total. The molecule has 1 amide bonds. The van der Waals surface area contributed by atoms with Crippen LogP contribution in [0.25, 0.3) is 0 Å². The monoisotopic (exact) mass is 459 g/mol. The smallest absolute Gasteiger partial charge is 0.348 e. The van der Waals surface area contributed by atoms with Crippen molar-refractivity contribution in [2.75, 3.05) is 4.72 Å². The number of carbonyl (C=O) groups is 1. The molecule has 0 saturated heterocycles. The Kier molecular flexibility index (Phi) is 6.08. The SMILES string of the molecule is O=C(NCc1ccc(F)cc1C(F)(F)F)c1ccc(S(=O)(=O)Nc2nccs2)cc1. The minimum Gasteiger partial charge on any atom is -0.348 e. The van der Waals surface area contributed by atoms with Crippen LogP contribution < -0.4 is 10.0 Å². The molecular weight excluding hydrogens is 446 g/mol. The summed E-state index contributed by atoms with van der Waals surface area (Å²) >= 11 is 1.09. The van der Waals surface area contributed by atoms with Crippen molar-refractivity contribution in [3.8, 4) is 0 Å². The number of amides is 1. The molecule has 3 aromatic rings. The van der Waals surface area contributed by atoms with Gasteiger partial charge in [0.05, 0.1) is 10.5 Å². The minimum absolute atomic E-state index is 0.0406. The summed E-state index contributed by atoms with van der Waals surface area (Å²) in [4.78, 5) is 15.9. The van der Waals surface area contributed by atoms with Crippen LogP contribution in [-0.2, 0) is 22.7 Å². The molecule has 0 aliphatic rings. The van der Waals surface area contributed by atoms with Gasteiger partial charge >= 0.3 is 6.18 Å². The maximum absolute atomic E-state index is 13.1. The topological polar surface area (TPSA) is 88.2 Å². The highest BCUT2D eigenvalue weighted by atomic mass is 32.2. The maximum Gasteiger partial charge on any atom is 0.416 e. The third kappa shape index (κ3) is 5.13. The van der Waals surface area contributed by atoms with E-state index in [1.165, 1.54) is 30.5 Å². The van der Waals surface area contributed by atoms with Gasteiger partial charge in [0, 0.05) is 23.7 Å². The molecule has 0 bridgehead atoms. The van der Waals surface area contributed by atoms with Gasteiger partial charge in [-0.25, -0.2) is 17.8 Å². The van der Waals surface area contributed by atoms with Gasteiger partial charge in [-0.2, -0.15) is 13.2 Å². The summed E-state index contributed by atoms with van der Waals surface area (Å²) in [6.45, 7) is -0.486. The second kappa shape index (κ2) is 8.40. The zero-order valence-corrected chi connectivity index (χ0v) is 16.5. The molecule has 0 saturated carbocycles. The van der Waals surface area contributed by atoms with E-state index in [0.29, 0.717) is 6.07 Å². The van der Waals surface area contributed by atoms with Crippen LogP contribution in [0.3, 0.4) is 0 Å². The van der Waals surface area contributed by atoms with Crippen LogP contribution >= 0.6 is 11.3 Å². The fraction of sp³-hybridized carbons (Fsp3) is 0.111. The zero-order chi connectivity index (χ0) is 21.9. The Hall–Kier alpha value is -2.99. The Morgan fingerprint density at radius 3 is 2.40 bits per heavy atom. The third-order valence-electron chi connectivity index (χ3n) is 3.90. The number of aromatic nitrogens is 1. The minimum atomic E-state index is -4.78. The highest BCUT2D eigenvalue weighted by Gasteiger charge is 2.33. The van der Waals surface area contributed by atoms with E-state index < -0.39 is 40.0 Å². The van der Waals surface area contributed by atoms with E-state index in [-0.39, 0.29) is 21.2 Å². The lowest BCUT2D eigenvalue weighted by molar-refractivity contribution is -0.138. The highest BCUT2D eigenvalue weighted by Crippen LogP contribution is 2.32. The lowest BCUT2D eigenvalue weighted by atomic mass is 10.1. The number of thiazole rings is 1. The number of nitrogens with zero attached hydrogens (tertiary/aromatic N) is 1. The van der Waals surface area contributed by atoms with E-state index in [4.69, 9.17) is 0 Å². The fourth-order valence-electron chi connectivity index (χ4n) is 2.48. The molecule has 0 fully saturated rings. The van der Waals surface area contributed by atoms with E-state index in [2.05, 4.69) is 15.0 Å². The van der Waals surface area contributed by atoms with E-state index >= 15 is 0 Å². The summed E-state index contributed by atoms with van der Waals surface area (Å²) in [5.41, 5.74) is -1.44. The van der Waals surface area contributed by atoms with Crippen molar-refractivity contribution in [3.63, 3.8) is 0 Å². The van der Waals surface area contributed by atoms with Crippen molar-refractivity contribution in [1.82, 2.24) is 10.3 Å². The summed E-state index contributed by atoms with van der Waals surface area (Å²) < 4.78 is 79.0. The standard InChI is InChI=1S/C18H13F4N3O3S2/c19-13-4-1-12(15(9-13)18(20,21)22)10-24-16(26)11-2-5-14(6-3-11)30(27,28)25-17-23-7-8-29-17/h1-9H,10H2,(H,23,25)(H,24,26). The van der Waals surface area contributed by atoms with Gasteiger partial charge in [0.25, 0.3) is 15.9 Å². The zero-order valence-electron chi connectivity index (χ0n) is 14.9. The number of halogens is 4. The normalized spacial score (nSPS) is 11.9. The third-order valence-corrected chi connectivity index (χ3v) is 6.07. The summed E-state index contributed by atoms with van der Waals surface area (Å²) in [5.74, 6) is -1.76. The lowest BCUT2D eigenvalue weighted by Crippen LogP contribution is -2.24. The molecule has 12 heteroatoms. The van der Waals surface area contributed by atoms with Crippen molar-refractivity contribution in [2.24, 2.45) is 0 Å². The number of anilines is 1. The predicted molar refractivity (Wildman–Crippen MR) is 102 cm³/mol. The van der Waals surface area contributed by atoms with Crippen LogP contribution in [0, 0.1) is 5.82 Å². The molecule has 2 N–H and O–H groups in total. The first-order valence-electron chi connectivity index (χ1n) is 8.22. The Morgan fingerprint density at radius 1 is 1.10 bits per heavy atom. The highest BCUT2D eigenvalue weighted by molar-refractivity contribution is 7.93. The van der Waals surface area contributed by atoms with Gasteiger partial charge in [0.2, 0.25) is 0 Å². The average molecular weight is 459 g/mol. The van der Waals surface area contributed by atoms with Gasteiger partial charge in [0.1, 0.15) is 5.82 Å². The fourth-order valence-corrected chi connectivity index (χ4v) is 4.27. The molecule has 0 aliphatic heterocycles. The van der Waals surface area contributed by atoms with Crippen molar-refractivity contribution >= 4 is 32.4 Å². The number of hydrogen-bond acceptors (Lipinski definition) is 5. The van der Waals surface area contributed by atoms with E-state index in [1.807, 2.05) is 0 Å². The molecule has 0 radical (unpaired) electrons. The number of alkyl halides is 3. The number of rotatable bonds is 6. The molecule has 158 valence electrons. The number of sulfonamides is 1. The molecule has 0 aliphatic carbocycles. The molecule has 2 aromatic carbocycles. The Balaban J connectivity index is 1.70. The summed E-state index contributed by atoms with van der Waals surface area (Å²) in [6, 6.07) is 6.98. The molecular formula is C18H13F4N3O3S2. The van der Waals surface area contributed by atoms with E-state index in [9.17, 15) is 30.8 Å². The Labute approximate surface area is 172 Å². The number of carbonyl (C=O) groups excluding carboxylic acids is 1. The number of benzene rings is 2. The van der Waals surface area contributed by atoms with Crippen LogP contribution in [0.4, 0.5) is 22.7 Å². The van der Waals surface area contributed by atoms with Crippen LogP contribution in [0.2, 0.25) is 0 Å². The summed E-state index contributed by atoms with van der Waals surface area (Å²) in [7, 11) is -3.90. The molecule has 0 atom stereocenters. The van der Waals surface area contributed by atoms with Crippen molar-refractivity contribution < 1.29 is 30.8 Å². The lowest BCUT2D eigenvalue weighted by Gasteiger charge is -2.14. The van der Waals surface area contributed by atoms with Gasteiger partial charge in [-0.1, -0.05) is 6.07 Å². The van der Waals surface area contributed by atoms with E-state index in [0.717, 1.165) is 23.5 Å². The Bertz CT molecular complexity index is 1150. The first-order chi connectivity index (χ1) is 14.1. The quantitative estimate of drug-likeness (QED) is 0.545. The summed E-state index contributed by atoms with van der Waals surface area (Å²) in [6.07, 6.45) is -3.34. The van der Waals surface area contributed by atoms with Crippen molar-refractivity contribution in [2.45, 2.75) is 17.6 Å². The van der Waals surface area contributed by atoms with Crippen LogP contribution in [0.5, 0.6) is 0 Å². The summed E-state index contributed by atoms with van der Waals surface area (Å²) in [5, 5.41) is 4.08. The van der Waals surface area contributed by atoms with Gasteiger partial charge in [-0.3, -0.25) is 9.52 Å². The van der Waals surface area contributed by atoms with Gasteiger partial charge < -0.3 is 5.32 Å². The first kappa shape index (κ1) is 21.7. The second-order valence-electron chi connectivity index (χ2n) is 5.95. The molecule has 3 rings (SSSR count). The number of hydrogen-bond donors (Lipinski definition) is 2. The first-order valence-corrected chi connectivity index (χ1v) is 10.6. The van der Waals surface area contributed by atoms with Crippen LogP contribution in [0.15, 0.2) is 58.9 Å². The van der Waals surface area contributed by atoms with Crippen LogP contribution in [0.1, 0.15) is 21.5 Å². The molecule has 0 spiro atoms. The van der Waals surface area contributed by atoms with Crippen molar-refractivity contribution in [3.05, 3.63) is 76.5 Å². The van der Waals surface area contributed by atoms with E-state index in [1.54, 1.807) is 5.38 Å². The second-order valence-corrected chi connectivity index (χ2v) is 8.53. The molecule has 1 aromatic heterocycles. The molecule has 1 heterocycles. The Morgan fingerprint density at radius 2 is 1.80 bits per heavy atom. The van der Waals surface area contributed by atoms with Gasteiger partial charge in [0.15, 0.2) is 5.13 Å². The van der Waals surface area contributed by atoms with Gasteiger partial charge in [-0.05, 0) is 42.0 Å². The average Bonchev–Trinajstić information content (AvgIpc) is 3.18. The molecule has 0 unspecified atom stereocenters. The molecule has 30 heavy (non-hydrogen) atoms.